The first-order valence-corrected chi connectivity index (χ1v) is 4.46. The molecule has 1 aliphatic heterocycles. The number of hydrogen-bond donors (Lipinski definition) is 0. The molecule has 14 heavy (non-hydrogen) atoms. The number of allylic oxidation sites excluding steroid dienone is 1. The minimum absolute atomic E-state index is 0.0352. The molecule has 0 amide bonds. The number of hydrogen-bond acceptors (Lipinski definition) is 2. The van der Waals surface area contributed by atoms with Gasteiger partial charge in [0.1, 0.15) is 0 Å². The number of benzene rings is 1. The lowest BCUT2D eigenvalue weighted by Gasteiger charge is -2.01. The Bertz CT molecular complexity index is 606. The molecule has 1 aromatic carbocycles. The summed E-state index contributed by atoms with van der Waals surface area (Å²) in [6.45, 7) is 0. The van der Waals surface area contributed by atoms with Gasteiger partial charge in [-0.3, -0.25) is 9.79 Å². The Kier molecular flexibility index (Phi) is 1.34. The number of ketones is 1. The van der Waals surface area contributed by atoms with E-state index in [2.05, 4.69) is 4.99 Å². The first-order valence-electron chi connectivity index (χ1n) is 4.46. The highest BCUT2D eigenvalue weighted by atomic mass is 16.1. The molecule has 2 nitrogen and oxygen atoms in total. The molecule has 0 spiro atoms. The van der Waals surface area contributed by atoms with Gasteiger partial charge < -0.3 is 0 Å². The Hall–Kier alpha value is -1.96. The molecule has 0 bridgehead atoms. The first-order chi connectivity index (χ1) is 6.84. The van der Waals surface area contributed by atoms with Crippen LogP contribution in [0.3, 0.4) is 0 Å². The van der Waals surface area contributed by atoms with Crippen LogP contribution in [0.2, 0.25) is 0 Å². The summed E-state index contributed by atoms with van der Waals surface area (Å²) in [5, 5.41) is 1.86. The number of carbonyl (C=O) groups is 1. The van der Waals surface area contributed by atoms with Crippen molar-refractivity contribution in [2.75, 3.05) is 0 Å². The van der Waals surface area contributed by atoms with Gasteiger partial charge in [-0.2, -0.15) is 0 Å². The fraction of sp³-hybridized carbons (Fsp3) is 0. The minimum atomic E-state index is 0.0352. The zero-order valence-corrected chi connectivity index (χ0v) is 7.40. The van der Waals surface area contributed by atoms with E-state index in [0.29, 0.717) is 0 Å². The summed E-state index contributed by atoms with van der Waals surface area (Å²) >= 11 is 0. The smallest absolute Gasteiger partial charge is 0.179 e. The number of nitrogens with zero attached hydrogens (tertiary/aromatic N) is 1. The van der Waals surface area contributed by atoms with Crippen molar-refractivity contribution in [2.45, 2.75) is 0 Å². The molecule has 0 N–H and O–H groups in total. The van der Waals surface area contributed by atoms with Crippen LogP contribution in [-0.4, -0.2) is 5.78 Å². The monoisotopic (exact) mass is 181 g/mol. The lowest BCUT2D eigenvalue weighted by atomic mass is 10.0. The predicted molar refractivity (Wildman–Crippen MR) is 54.8 cm³/mol. The van der Waals surface area contributed by atoms with Crippen LogP contribution in [0.4, 0.5) is 0 Å². The average Bonchev–Trinajstić information content (AvgIpc) is 2.65. The third-order valence-electron chi connectivity index (χ3n) is 2.45. The van der Waals surface area contributed by atoms with E-state index >= 15 is 0 Å². The van der Waals surface area contributed by atoms with Gasteiger partial charge in [-0.25, -0.2) is 0 Å². The number of rotatable bonds is 0. The number of carbonyl (C=O) groups excluding carboxylic acids is 1. The molecule has 0 aromatic heterocycles. The van der Waals surface area contributed by atoms with E-state index < -0.39 is 0 Å². The quantitative estimate of drug-likeness (QED) is 0.578. The van der Waals surface area contributed by atoms with Crippen molar-refractivity contribution in [2.24, 2.45) is 4.99 Å². The second-order valence-corrected chi connectivity index (χ2v) is 3.33. The molecule has 1 aromatic rings. The lowest BCUT2D eigenvalue weighted by molar-refractivity contribution is -0.109. The van der Waals surface area contributed by atoms with Crippen molar-refractivity contribution in [1.82, 2.24) is 0 Å². The molecular weight excluding hydrogens is 174 g/mol. The summed E-state index contributed by atoms with van der Waals surface area (Å²) in [5.41, 5.74) is 2.15. The van der Waals surface area contributed by atoms with E-state index in [4.69, 9.17) is 0 Å². The summed E-state index contributed by atoms with van der Waals surface area (Å²) in [6.07, 6.45) is 8.78. The highest BCUT2D eigenvalue weighted by Gasteiger charge is 2.07. The Morgan fingerprint density at radius 1 is 1.00 bits per heavy atom. The third-order valence-corrected chi connectivity index (χ3v) is 2.45. The van der Waals surface area contributed by atoms with Crippen molar-refractivity contribution >= 4 is 24.0 Å². The summed E-state index contributed by atoms with van der Waals surface area (Å²) in [5.74, 6) is 0.0352. The molecule has 1 heterocycles. The maximum absolute atomic E-state index is 11.2. The van der Waals surface area contributed by atoms with Gasteiger partial charge in [0.2, 0.25) is 0 Å². The first kappa shape index (κ1) is 7.44. The molecule has 1 aliphatic carbocycles. The van der Waals surface area contributed by atoms with E-state index in [1.54, 1.807) is 18.4 Å². The van der Waals surface area contributed by atoms with Gasteiger partial charge >= 0.3 is 0 Å². The molecule has 0 radical (unpaired) electrons. The summed E-state index contributed by atoms with van der Waals surface area (Å²) in [6, 6.07) is 4.04. The van der Waals surface area contributed by atoms with Crippen molar-refractivity contribution in [3.05, 3.63) is 46.1 Å². The van der Waals surface area contributed by atoms with Crippen molar-refractivity contribution in [3.8, 4) is 0 Å². The fourth-order valence-electron chi connectivity index (χ4n) is 1.77. The van der Waals surface area contributed by atoms with Gasteiger partial charge in [-0.1, -0.05) is 18.2 Å². The molecule has 0 saturated carbocycles. The van der Waals surface area contributed by atoms with E-state index in [1.807, 2.05) is 24.3 Å². The molecule has 66 valence electrons. The van der Waals surface area contributed by atoms with Crippen molar-refractivity contribution < 1.29 is 4.79 Å². The van der Waals surface area contributed by atoms with E-state index in [-0.39, 0.29) is 5.78 Å². The zero-order valence-electron chi connectivity index (χ0n) is 7.40. The van der Waals surface area contributed by atoms with Crippen LogP contribution in [0.25, 0.3) is 18.2 Å². The molecule has 2 aliphatic rings. The van der Waals surface area contributed by atoms with Crippen molar-refractivity contribution in [1.29, 1.82) is 0 Å². The maximum Gasteiger partial charge on any atom is 0.179 e. The minimum Gasteiger partial charge on any atom is -0.290 e. The summed E-state index contributed by atoms with van der Waals surface area (Å²) < 4.78 is 0. The largest absolute Gasteiger partial charge is 0.290 e. The van der Waals surface area contributed by atoms with Gasteiger partial charge in [0, 0.05) is 17.0 Å². The molecule has 0 saturated heterocycles. The van der Waals surface area contributed by atoms with Gasteiger partial charge in [-0.15, -0.1) is 0 Å². The van der Waals surface area contributed by atoms with Crippen LogP contribution in [0.15, 0.2) is 29.4 Å². The van der Waals surface area contributed by atoms with Gasteiger partial charge in [0.25, 0.3) is 0 Å². The topological polar surface area (TPSA) is 29.4 Å². The molecule has 2 heteroatoms. The van der Waals surface area contributed by atoms with Gasteiger partial charge in [0.15, 0.2) is 5.78 Å². The van der Waals surface area contributed by atoms with Crippen molar-refractivity contribution in [3.63, 3.8) is 0 Å². The van der Waals surface area contributed by atoms with E-state index in [9.17, 15) is 4.79 Å². The fourth-order valence-corrected chi connectivity index (χ4v) is 1.77. The van der Waals surface area contributed by atoms with Crippen LogP contribution < -0.4 is 10.6 Å². The van der Waals surface area contributed by atoms with E-state index in [0.717, 1.165) is 21.7 Å². The van der Waals surface area contributed by atoms with E-state index in [1.165, 1.54) is 0 Å². The second kappa shape index (κ2) is 2.51. The highest BCUT2D eigenvalue weighted by molar-refractivity contribution is 6.16. The van der Waals surface area contributed by atoms with Crippen LogP contribution in [0.1, 0.15) is 11.1 Å². The Labute approximate surface area is 80.6 Å². The summed E-state index contributed by atoms with van der Waals surface area (Å²) in [7, 11) is 0. The highest BCUT2D eigenvalue weighted by Crippen LogP contribution is 2.05. The lowest BCUT2D eigenvalue weighted by Crippen LogP contribution is -2.31. The van der Waals surface area contributed by atoms with Gasteiger partial charge in [0.05, 0.1) is 5.36 Å². The van der Waals surface area contributed by atoms with Crippen LogP contribution >= 0.6 is 0 Å². The SMILES string of the molecule is O=C1C=Cc2ccc3c(c2=C1)=NC=C3. The predicted octanol–water partition coefficient (Wildman–Crippen LogP) is 0.667. The molecule has 0 unspecified atom stereocenters. The average molecular weight is 181 g/mol. The molecule has 3 rings (SSSR count). The van der Waals surface area contributed by atoms with Gasteiger partial charge in [-0.05, 0) is 23.8 Å². The zero-order chi connectivity index (χ0) is 9.54. The van der Waals surface area contributed by atoms with Crippen LogP contribution in [0.5, 0.6) is 0 Å². The third kappa shape index (κ3) is 0.909. The Morgan fingerprint density at radius 3 is 2.79 bits per heavy atom. The Balaban J connectivity index is 2.51. The maximum atomic E-state index is 11.2. The number of fused-ring (bicyclic) bond motifs is 3. The second-order valence-electron chi connectivity index (χ2n) is 3.33. The molecule has 0 atom stereocenters. The van der Waals surface area contributed by atoms with Crippen LogP contribution in [-0.2, 0) is 4.79 Å². The molecule has 0 fully saturated rings. The standard InChI is InChI=1S/C12H7NO/c14-10-4-3-8-1-2-9-5-6-13-12(9)11(8)7-10/h1-7H. The van der Waals surface area contributed by atoms with Crippen LogP contribution in [0, 0.1) is 0 Å². The molecular formula is C12H7NO. The normalized spacial score (nSPS) is 15.9. The summed E-state index contributed by atoms with van der Waals surface area (Å²) in [4.78, 5) is 15.5. The Morgan fingerprint density at radius 2 is 1.86 bits per heavy atom.